The maximum Gasteiger partial charge on any atom is 0.243 e. The van der Waals surface area contributed by atoms with Crippen LogP contribution in [0.15, 0.2) is 36.4 Å². The van der Waals surface area contributed by atoms with Crippen LogP contribution in [-0.4, -0.2) is 47.4 Å². The van der Waals surface area contributed by atoms with E-state index in [1.165, 1.54) is 0 Å². The van der Waals surface area contributed by atoms with E-state index in [0.717, 1.165) is 16.1 Å². The second-order valence-electron chi connectivity index (χ2n) is 6.90. The van der Waals surface area contributed by atoms with Crippen molar-refractivity contribution in [2.24, 2.45) is 0 Å². The lowest BCUT2D eigenvalue weighted by Gasteiger charge is -2.29. The zero-order chi connectivity index (χ0) is 22.5. The summed E-state index contributed by atoms with van der Waals surface area (Å²) in [6.45, 7) is 3.66. The molecule has 0 fully saturated rings. The molecule has 0 bridgehead atoms. The Hall–Kier alpha value is -2.45. The Bertz CT molecular complexity index is 1010. The van der Waals surface area contributed by atoms with Crippen molar-refractivity contribution in [3.63, 3.8) is 0 Å². The minimum atomic E-state index is -3.71. The second-order valence-corrected chi connectivity index (χ2v) is 9.19. The van der Waals surface area contributed by atoms with Gasteiger partial charge in [-0.2, -0.15) is 0 Å². The van der Waals surface area contributed by atoms with Crippen molar-refractivity contribution in [3.8, 4) is 11.5 Å². The molecule has 0 unspecified atom stereocenters. The molecule has 30 heavy (non-hydrogen) atoms. The van der Waals surface area contributed by atoms with Crippen molar-refractivity contribution >= 4 is 33.2 Å². The number of nitrogens with zero attached hydrogens (tertiary/aromatic N) is 1. The Kier molecular flexibility index (Phi) is 7.97. The minimum Gasteiger partial charge on any atom is -0.493 e. The van der Waals surface area contributed by atoms with Crippen LogP contribution in [0.25, 0.3) is 0 Å². The van der Waals surface area contributed by atoms with E-state index in [9.17, 15) is 13.2 Å². The third-order valence-electron chi connectivity index (χ3n) is 4.66. The number of nitrogens with one attached hydrogen (secondary N) is 1. The number of anilines is 1. The highest BCUT2D eigenvalue weighted by Crippen LogP contribution is 2.29. The molecule has 0 heterocycles. The molecule has 0 saturated carbocycles. The van der Waals surface area contributed by atoms with Gasteiger partial charge in [0.05, 0.1) is 26.2 Å². The molecule has 9 heteroatoms. The van der Waals surface area contributed by atoms with Crippen LogP contribution in [0.1, 0.15) is 18.1 Å². The van der Waals surface area contributed by atoms with Crippen molar-refractivity contribution < 1.29 is 22.7 Å². The number of benzene rings is 2. The van der Waals surface area contributed by atoms with Crippen LogP contribution in [0, 0.1) is 6.92 Å². The molecule has 0 saturated heterocycles. The minimum absolute atomic E-state index is 0.338. The number of aryl methyl sites for hydroxylation is 1. The van der Waals surface area contributed by atoms with Crippen LogP contribution in [0.4, 0.5) is 5.69 Å². The van der Waals surface area contributed by atoms with E-state index in [2.05, 4.69) is 5.32 Å². The molecule has 0 aliphatic rings. The number of hydrogen-bond acceptors (Lipinski definition) is 5. The molecule has 2 rings (SSSR count). The molecule has 7 nitrogen and oxygen atoms in total. The van der Waals surface area contributed by atoms with Gasteiger partial charge < -0.3 is 14.8 Å². The Balaban J connectivity index is 2.12. The molecule has 164 valence electrons. The van der Waals surface area contributed by atoms with E-state index in [0.29, 0.717) is 40.7 Å². The summed E-state index contributed by atoms with van der Waals surface area (Å²) < 4.78 is 36.5. The number of methoxy groups -OCH3 is 2. The largest absolute Gasteiger partial charge is 0.493 e. The fourth-order valence-corrected chi connectivity index (χ4v) is 4.51. The Morgan fingerprint density at radius 1 is 1.13 bits per heavy atom. The Labute approximate surface area is 183 Å². The maximum absolute atomic E-state index is 12.7. The number of ether oxygens (including phenoxy) is 2. The van der Waals surface area contributed by atoms with E-state index in [1.807, 2.05) is 12.1 Å². The lowest BCUT2D eigenvalue weighted by Crippen LogP contribution is -2.48. The van der Waals surface area contributed by atoms with Gasteiger partial charge in [0.1, 0.15) is 6.04 Å². The highest BCUT2D eigenvalue weighted by atomic mass is 35.5. The summed E-state index contributed by atoms with van der Waals surface area (Å²) >= 11 is 6.05. The summed E-state index contributed by atoms with van der Waals surface area (Å²) in [5.41, 5.74) is 2.04. The van der Waals surface area contributed by atoms with E-state index in [-0.39, 0.29) is 0 Å². The molecule has 1 N–H and O–H groups in total. The summed E-state index contributed by atoms with van der Waals surface area (Å²) in [5, 5.41) is 3.20. The van der Waals surface area contributed by atoms with Gasteiger partial charge >= 0.3 is 0 Å². The Morgan fingerprint density at radius 2 is 1.80 bits per heavy atom. The van der Waals surface area contributed by atoms with Gasteiger partial charge in [0, 0.05) is 11.6 Å². The number of halogens is 1. The number of rotatable bonds is 9. The normalized spacial score (nSPS) is 12.2. The van der Waals surface area contributed by atoms with Crippen molar-refractivity contribution in [3.05, 3.63) is 52.5 Å². The molecule has 1 amide bonds. The van der Waals surface area contributed by atoms with Crippen LogP contribution in [0.2, 0.25) is 5.02 Å². The molecular weight excluding hydrogens is 428 g/mol. The lowest BCUT2D eigenvalue weighted by molar-refractivity contribution is -0.121. The van der Waals surface area contributed by atoms with E-state index in [4.69, 9.17) is 21.1 Å². The summed E-state index contributed by atoms with van der Waals surface area (Å²) in [5.74, 6) is 0.828. The SMILES string of the molecule is COc1ccc(CCNC(=O)[C@@H](C)N(c2cc(Cl)ccc2C)S(C)(=O)=O)cc1OC. The summed E-state index contributed by atoms with van der Waals surface area (Å²) in [6.07, 6.45) is 1.62. The van der Waals surface area contributed by atoms with E-state index >= 15 is 0 Å². The topological polar surface area (TPSA) is 84.9 Å². The first-order valence-corrected chi connectivity index (χ1v) is 11.5. The van der Waals surface area contributed by atoms with Crippen molar-refractivity contribution in [1.82, 2.24) is 5.32 Å². The predicted octanol–water partition coefficient (Wildman–Crippen LogP) is 3.18. The van der Waals surface area contributed by atoms with Gasteiger partial charge in [-0.15, -0.1) is 0 Å². The Morgan fingerprint density at radius 3 is 2.40 bits per heavy atom. The summed E-state index contributed by atoms with van der Waals surface area (Å²) in [7, 11) is -0.590. The van der Waals surface area contributed by atoms with Crippen LogP contribution in [-0.2, 0) is 21.2 Å². The van der Waals surface area contributed by atoms with Crippen LogP contribution >= 0.6 is 11.6 Å². The van der Waals surface area contributed by atoms with Gasteiger partial charge in [0.25, 0.3) is 0 Å². The van der Waals surface area contributed by atoms with Crippen LogP contribution in [0.5, 0.6) is 11.5 Å². The molecule has 0 spiro atoms. The quantitative estimate of drug-likeness (QED) is 0.629. The number of sulfonamides is 1. The van der Waals surface area contributed by atoms with E-state index in [1.54, 1.807) is 52.3 Å². The third kappa shape index (κ3) is 5.79. The average molecular weight is 455 g/mol. The van der Waals surface area contributed by atoms with Gasteiger partial charge in [-0.05, 0) is 55.7 Å². The highest BCUT2D eigenvalue weighted by Gasteiger charge is 2.30. The maximum atomic E-state index is 12.7. The molecule has 0 radical (unpaired) electrons. The first kappa shape index (κ1) is 23.8. The summed E-state index contributed by atoms with van der Waals surface area (Å²) in [4.78, 5) is 12.7. The van der Waals surface area contributed by atoms with Crippen LogP contribution in [0.3, 0.4) is 0 Å². The molecule has 2 aromatic carbocycles. The van der Waals surface area contributed by atoms with Gasteiger partial charge in [-0.1, -0.05) is 23.7 Å². The fraction of sp³-hybridized carbons (Fsp3) is 0.381. The van der Waals surface area contributed by atoms with Gasteiger partial charge in [-0.3, -0.25) is 9.10 Å². The van der Waals surface area contributed by atoms with Crippen molar-refractivity contribution in [2.75, 3.05) is 31.3 Å². The lowest BCUT2D eigenvalue weighted by atomic mass is 10.1. The third-order valence-corrected chi connectivity index (χ3v) is 6.12. The standard InChI is InChI=1S/C21H27ClN2O5S/c1-14-6-8-17(22)13-18(14)24(30(5,26)27)15(2)21(25)23-11-10-16-7-9-19(28-3)20(12-16)29-4/h6-9,12-13,15H,10-11H2,1-5H3,(H,23,25)/t15-/m1/s1. The number of carbonyl (C=O) groups excluding carboxylic acids is 1. The number of hydrogen-bond donors (Lipinski definition) is 1. The first-order valence-electron chi connectivity index (χ1n) is 9.32. The average Bonchev–Trinajstić information content (AvgIpc) is 2.69. The molecule has 0 aliphatic carbocycles. The highest BCUT2D eigenvalue weighted by molar-refractivity contribution is 7.92. The molecular formula is C21H27ClN2O5S. The second kappa shape index (κ2) is 10.0. The molecule has 2 aromatic rings. The smallest absolute Gasteiger partial charge is 0.243 e. The molecule has 1 atom stereocenters. The number of carbonyl (C=O) groups is 1. The zero-order valence-electron chi connectivity index (χ0n) is 17.7. The van der Waals surface area contributed by atoms with E-state index < -0.39 is 22.0 Å². The van der Waals surface area contributed by atoms with Gasteiger partial charge in [-0.25, -0.2) is 8.42 Å². The molecule has 0 aliphatic heterocycles. The monoisotopic (exact) mass is 454 g/mol. The zero-order valence-corrected chi connectivity index (χ0v) is 19.3. The van der Waals surface area contributed by atoms with Gasteiger partial charge in [0.2, 0.25) is 15.9 Å². The molecule has 0 aromatic heterocycles. The first-order chi connectivity index (χ1) is 14.1. The fourth-order valence-electron chi connectivity index (χ4n) is 3.11. The van der Waals surface area contributed by atoms with Crippen molar-refractivity contribution in [2.45, 2.75) is 26.3 Å². The number of amides is 1. The summed E-state index contributed by atoms with van der Waals surface area (Å²) in [6, 6.07) is 9.52. The van der Waals surface area contributed by atoms with Crippen molar-refractivity contribution in [1.29, 1.82) is 0 Å². The van der Waals surface area contributed by atoms with Crippen LogP contribution < -0.4 is 19.1 Å². The van der Waals surface area contributed by atoms with Gasteiger partial charge in [0.15, 0.2) is 11.5 Å². The predicted molar refractivity (Wildman–Crippen MR) is 119 cm³/mol.